The topological polar surface area (TPSA) is 60.5 Å². The largest absolute Gasteiger partial charge is 0.383 e. The molecule has 5 nitrogen and oxygen atoms in total. The Bertz CT molecular complexity index is 403. The summed E-state index contributed by atoms with van der Waals surface area (Å²) in [6.07, 6.45) is 3.98. The monoisotopic (exact) mass is 251 g/mol. The standard InChI is InChI=1S/C13H21N3O2/c1-18-9-8-15-6-3-5-12(15)13(17)16-7-2-4-11(16)10-14/h3,5-6,11H,2,4,7-10,14H2,1H3. The van der Waals surface area contributed by atoms with Crippen molar-refractivity contribution in [3.05, 3.63) is 24.0 Å². The van der Waals surface area contributed by atoms with Gasteiger partial charge in [0.1, 0.15) is 5.69 Å². The van der Waals surface area contributed by atoms with Crippen LogP contribution >= 0.6 is 0 Å². The Balaban J connectivity index is 2.10. The second-order valence-electron chi connectivity index (χ2n) is 4.61. The fourth-order valence-corrected chi connectivity index (χ4v) is 2.49. The zero-order valence-electron chi connectivity index (χ0n) is 10.8. The van der Waals surface area contributed by atoms with Crippen molar-refractivity contribution in [3.8, 4) is 0 Å². The smallest absolute Gasteiger partial charge is 0.270 e. The van der Waals surface area contributed by atoms with Gasteiger partial charge in [-0.05, 0) is 25.0 Å². The van der Waals surface area contributed by atoms with Crippen molar-refractivity contribution in [2.75, 3.05) is 26.8 Å². The SMILES string of the molecule is COCCn1cccc1C(=O)N1CCCC1CN. The minimum Gasteiger partial charge on any atom is -0.383 e. The molecule has 1 aromatic rings. The quantitative estimate of drug-likeness (QED) is 0.838. The molecule has 1 unspecified atom stereocenters. The number of carbonyl (C=O) groups excluding carboxylic acids is 1. The number of carbonyl (C=O) groups is 1. The summed E-state index contributed by atoms with van der Waals surface area (Å²) in [5.41, 5.74) is 6.44. The van der Waals surface area contributed by atoms with Crippen molar-refractivity contribution in [1.29, 1.82) is 0 Å². The zero-order valence-corrected chi connectivity index (χ0v) is 10.8. The highest BCUT2D eigenvalue weighted by molar-refractivity contribution is 5.93. The lowest BCUT2D eigenvalue weighted by Gasteiger charge is -2.24. The van der Waals surface area contributed by atoms with Gasteiger partial charge in [-0.3, -0.25) is 4.79 Å². The van der Waals surface area contributed by atoms with Crippen LogP contribution < -0.4 is 5.73 Å². The molecule has 1 aliphatic heterocycles. The summed E-state index contributed by atoms with van der Waals surface area (Å²) in [4.78, 5) is 14.4. The molecule has 0 saturated carbocycles. The van der Waals surface area contributed by atoms with E-state index in [9.17, 15) is 4.79 Å². The number of rotatable bonds is 5. The van der Waals surface area contributed by atoms with Gasteiger partial charge in [-0.2, -0.15) is 0 Å². The van der Waals surface area contributed by atoms with Crippen LogP contribution in [0.25, 0.3) is 0 Å². The van der Waals surface area contributed by atoms with Crippen molar-refractivity contribution in [3.63, 3.8) is 0 Å². The summed E-state index contributed by atoms with van der Waals surface area (Å²) < 4.78 is 6.99. The Labute approximate surface area is 108 Å². The number of amides is 1. The Hall–Kier alpha value is -1.33. The predicted molar refractivity (Wildman–Crippen MR) is 69.4 cm³/mol. The molecular weight excluding hydrogens is 230 g/mol. The first kappa shape index (κ1) is 13.1. The van der Waals surface area contributed by atoms with Crippen LogP contribution in [0.5, 0.6) is 0 Å². The van der Waals surface area contributed by atoms with E-state index >= 15 is 0 Å². The molecule has 0 aliphatic carbocycles. The highest BCUT2D eigenvalue weighted by Crippen LogP contribution is 2.19. The van der Waals surface area contributed by atoms with E-state index in [2.05, 4.69) is 0 Å². The minimum absolute atomic E-state index is 0.0871. The number of aromatic nitrogens is 1. The van der Waals surface area contributed by atoms with Crippen molar-refractivity contribution >= 4 is 5.91 Å². The number of nitrogens with two attached hydrogens (primary N) is 1. The average molecular weight is 251 g/mol. The highest BCUT2D eigenvalue weighted by Gasteiger charge is 2.29. The fourth-order valence-electron chi connectivity index (χ4n) is 2.49. The van der Waals surface area contributed by atoms with Crippen LogP contribution in [-0.2, 0) is 11.3 Å². The average Bonchev–Trinajstić information content (AvgIpc) is 3.03. The lowest BCUT2D eigenvalue weighted by atomic mass is 10.2. The maximum atomic E-state index is 12.5. The molecule has 2 heterocycles. The summed E-state index contributed by atoms with van der Waals surface area (Å²) in [6, 6.07) is 3.96. The van der Waals surface area contributed by atoms with E-state index < -0.39 is 0 Å². The lowest BCUT2D eigenvalue weighted by Crippen LogP contribution is -2.40. The Morgan fingerprint density at radius 3 is 3.17 bits per heavy atom. The highest BCUT2D eigenvalue weighted by atomic mass is 16.5. The van der Waals surface area contributed by atoms with Crippen LogP contribution in [0.1, 0.15) is 23.3 Å². The van der Waals surface area contributed by atoms with E-state index in [0.717, 1.165) is 25.1 Å². The Morgan fingerprint density at radius 2 is 2.44 bits per heavy atom. The third-order valence-corrected chi connectivity index (χ3v) is 3.50. The van der Waals surface area contributed by atoms with E-state index in [1.165, 1.54) is 0 Å². The van der Waals surface area contributed by atoms with Crippen molar-refractivity contribution in [1.82, 2.24) is 9.47 Å². The molecule has 1 aromatic heterocycles. The molecule has 0 spiro atoms. The molecule has 1 fully saturated rings. The normalized spacial score (nSPS) is 19.4. The predicted octanol–water partition coefficient (Wildman–Crippen LogP) is 0.698. The molecule has 1 amide bonds. The van der Waals surface area contributed by atoms with Gasteiger partial charge in [0.2, 0.25) is 0 Å². The molecular formula is C13H21N3O2. The van der Waals surface area contributed by atoms with Crippen molar-refractivity contribution < 1.29 is 9.53 Å². The van der Waals surface area contributed by atoms with E-state index in [1.807, 2.05) is 27.8 Å². The molecule has 0 bridgehead atoms. The number of likely N-dealkylation sites (tertiary alicyclic amines) is 1. The molecule has 2 rings (SSSR count). The number of hydrogen-bond donors (Lipinski definition) is 1. The molecule has 1 atom stereocenters. The molecule has 1 saturated heterocycles. The number of nitrogens with zero attached hydrogens (tertiary/aromatic N) is 2. The summed E-state index contributed by atoms with van der Waals surface area (Å²) in [5.74, 6) is 0.0871. The van der Waals surface area contributed by atoms with Crippen LogP contribution in [0.4, 0.5) is 0 Å². The van der Waals surface area contributed by atoms with Gasteiger partial charge in [0, 0.05) is 39.0 Å². The molecule has 0 aromatic carbocycles. The van der Waals surface area contributed by atoms with Crippen LogP contribution in [0.3, 0.4) is 0 Å². The molecule has 5 heteroatoms. The lowest BCUT2D eigenvalue weighted by molar-refractivity contribution is 0.0727. The first-order valence-electron chi connectivity index (χ1n) is 6.43. The zero-order chi connectivity index (χ0) is 13.0. The minimum atomic E-state index is 0.0871. The Kier molecular flexibility index (Phi) is 4.38. The number of hydrogen-bond acceptors (Lipinski definition) is 3. The maximum Gasteiger partial charge on any atom is 0.270 e. The van der Waals surface area contributed by atoms with Gasteiger partial charge in [0.05, 0.1) is 6.61 Å². The second kappa shape index (κ2) is 6.02. The van der Waals surface area contributed by atoms with Gasteiger partial charge in [-0.25, -0.2) is 0 Å². The Morgan fingerprint density at radius 1 is 1.61 bits per heavy atom. The van der Waals surface area contributed by atoms with Gasteiger partial charge in [0.25, 0.3) is 5.91 Å². The number of methoxy groups -OCH3 is 1. The first-order chi connectivity index (χ1) is 8.77. The van der Waals surface area contributed by atoms with E-state index in [0.29, 0.717) is 19.7 Å². The third-order valence-electron chi connectivity index (χ3n) is 3.50. The van der Waals surface area contributed by atoms with E-state index in [1.54, 1.807) is 7.11 Å². The maximum absolute atomic E-state index is 12.5. The fraction of sp³-hybridized carbons (Fsp3) is 0.615. The molecule has 18 heavy (non-hydrogen) atoms. The van der Waals surface area contributed by atoms with Gasteiger partial charge in [-0.15, -0.1) is 0 Å². The van der Waals surface area contributed by atoms with Gasteiger partial charge in [-0.1, -0.05) is 0 Å². The van der Waals surface area contributed by atoms with Crippen molar-refractivity contribution in [2.45, 2.75) is 25.4 Å². The van der Waals surface area contributed by atoms with Crippen LogP contribution in [-0.4, -0.2) is 48.2 Å². The first-order valence-corrected chi connectivity index (χ1v) is 6.43. The summed E-state index contributed by atoms with van der Waals surface area (Å²) >= 11 is 0. The van der Waals surface area contributed by atoms with Crippen molar-refractivity contribution in [2.24, 2.45) is 5.73 Å². The van der Waals surface area contributed by atoms with E-state index in [4.69, 9.17) is 10.5 Å². The summed E-state index contributed by atoms with van der Waals surface area (Å²) in [5, 5.41) is 0. The van der Waals surface area contributed by atoms with E-state index in [-0.39, 0.29) is 11.9 Å². The second-order valence-corrected chi connectivity index (χ2v) is 4.61. The molecule has 2 N–H and O–H groups in total. The molecule has 1 aliphatic rings. The molecule has 0 radical (unpaired) electrons. The summed E-state index contributed by atoms with van der Waals surface area (Å²) in [7, 11) is 1.66. The van der Waals surface area contributed by atoms with Gasteiger partial charge >= 0.3 is 0 Å². The van der Waals surface area contributed by atoms with Gasteiger partial charge in [0.15, 0.2) is 0 Å². The molecule has 100 valence electrons. The summed E-state index contributed by atoms with van der Waals surface area (Å²) in [6.45, 7) is 2.67. The van der Waals surface area contributed by atoms with Crippen LogP contribution in [0, 0.1) is 0 Å². The van der Waals surface area contributed by atoms with Crippen LogP contribution in [0.2, 0.25) is 0 Å². The number of ether oxygens (including phenoxy) is 1. The third kappa shape index (κ3) is 2.57. The van der Waals surface area contributed by atoms with Crippen LogP contribution in [0.15, 0.2) is 18.3 Å². The van der Waals surface area contributed by atoms with Gasteiger partial charge < -0.3 is 19.9 Å².